The predicted octanol–water partition coefficient (Wildman–Crippen LogP) is 2.17. The highest BCUT2D eigenvalue weighted by molar-refractivity contribution is 9.10. The van der Waals surface area contributed by atoms with Crippen LogP contribution in [0.15, 0.2) is 27.7 Å². The molecule has 0 aliphatic carbocycles. The van der Waals surface area contributed by atoms with Gasteiger partial charge in [-0.3, -0.25) is 0 Å². The van der Waals surface area contributed by atoms with Gasteiger partial charge in [0.1, 0.15) is 11.6 Å². The van der Waals surface area contributed by atoms with Crippen LogP contribution in [0, 0.1) is 11.6 Å². The molecule has 0 spiro atoms. The number of anilines is 1. The average Bonchev–Trinajstić information content (AvgIpc) is 2.29. The quantitative estimate of drug-likeness (QED) is 0.826. The lowest BCUT2D eigenvalue weighted by Gasteiger charge is -2.09. The number of hydrogen-bond donors (Lipinski definition) is 1. The summed E-state index contributed by atoms with van der Waals surface area (Å²) in [6.45, 7) is 0. The third-order valence-corrected chi connectivity index (χ3v) is 4.34. The van der Waals surface area contributed by atoms with Gasteiger partial charge in [0.2, 0.25) is 5.95 Å². The van der Waals surface area contributed by atoms with Gasteiger partial charge in [-0.1, -0.05) is 0 Å². The number of nitrogen functional groups attached to an aromatic ring is 1. The van der Waals surface area contributed by atoms with Crippen LogP contribution in [-0.4, -0.2) is 24.6 Å². The van der Waals surface area contributed by atoms with Crippen LogP contribution in [0.1, 0.15) is 0 Å². The number of benzene rings is 1. The maximum atomic E-state index is 13.2. The zero-order valence-corrected chi connectivity index (χ0v) is 12.5. The first-order chi connectivity index (χ1) is 9.18. The van der Waals surface area contributed by atoms with Crippen molar-refractivity contribution in [2.75, 3.05) is 12.0 Å². The number of rotatable bonds is 2. The molecule has 5 nitrogen and oxygen atoms in total. The number of nitrogens with two attached hydrogens (primary N) is 1. The summed E-state index contributed by atoms with van der Waals surface area (Å²) in [5.74, 6) is -1.94. The van der Waals surface area contributed by atoms with Gasteiger partial charge in [0.05, 0.1) is 10.2 Å². The van der Waals surface area contributed by atoms with Gasteiger partial charge in [-0.2, -0.15) is 0 Å². The van der Waals surface area contributed by atoms with E-state index < -0.39 is 21.5 Å². The summed E-state index contributed by atoms with van der Waals surface area (Å²) in [5, 5.41) is -0.343. The molecule has 2 aromatic rings. The number of aromatic nitrogens is 2. The Morgan fingerprint density at radius 3 is 2.20 bits per heavy atom. The Labute approximate surface area is 121 Å². The van der Waals surface area contributed by atoms with Crippen LogP contribution in [0.25, 0.3) is 11.3 Å². The van der Waals surface area contributed by atoms with E-state index >= 15 is 0 Å². The maximum absolute atomic E-state index is 13.2. The minimum atomic E-state index is -3.67. The van der Waals surface area contributed by atoms with E-state index in [4.69, 9.17) is 5.73 Å². The Kier molecular flexibility index (Phi) is 3.74. The van der Waals surface area contributed by atoms with Crippen LogP contribution in [-0.2, 0) is 9.84 Å². The lowest BCUT2D eigenvalue weighted by molar-refractivity contribution is 0.584. The summed E-state index contributed by atoms with van der Waals surface area (Å²) in [6, 6.07) is 2.72. The standard InChI is InChI=1S/C11H8BrF2N3O2S/c1-20(18,19)10-8(12)9(16-11(15)17-10)5-2-6(13)4-7(14)3-5/h2-4H,1H3,(H2,15,16,17). The van der Waals surface area contributed by atoms with Crippen LogP contribution in [0.2, 0.25) is 0 Å². The SMILES string of the molecule is CS(=O)(=O)c1nc(N)nc(-c2cc(F)cc(F)c2)c1Br. The van der Waals surface area contributed by atoms with Gasteiger partial charge in [0.15, 0.2) is 14.9 Å². The Balaban J connectivity index is 2.78. The molecule has 2 rings (SSSR count). The third kappa shape index (κ3) is 2.93. The van der Waals surface area contributed by atoms with Crippen molar-refractivity contribution in [3.05, 3.63) is 34.3 Å². The van der Waals surface area contributed by atoms with E-state index in [-0.39, 0.29) is 26.7 Å². The first-order valence-electron chi connectivity index (χ1n) is 5.18. The molecule has 0 unspecified atom stereocenters. The van der Waals surface area contributed by atoms with Gasteiger partial charge in [-0.15, -0.1) is 0 Å². The molecular formula is C11H8BrF2N3O2S. The summed E-state index contributed by atoms with van der Waals surface area (Å²) in [7, 11) is -3.67. The molecule has 0 radical (unpaired) electrons. The summed E-state index contributed by atoms with van der Waals surface area (Å²) in [4.78, 5) is 7.44. The fourth-order valence-electron chi connectivity index (χ4n) is 1.57. The van der Waals surface area contributed by atoms with Gasteiger partial charge < -0.3 is 5.73 Å². The molecule has 1 aromatic heterocycles. The van der Waals surface area contributed by atoms with E-state index in [9.17, 15) is 17.2 Å². The van der Waals surface area contributed by atoms with Gasteiger partial charge in [-0.25, -0.2) is 27.2 Å². The summed E-state index contributed by atoms with van der Waals surface area (Å²) < 4.78 is 49.7. The fraction of sp³-hybridized carbons (Fsp3) is 0.0909. The molecule has 2 N–H and O–H groups in total. The molecule has 0 saturated carbocycles. The van der Waals surface area contributed by atoms with Gasteiger partial charge in [0, 0.05) is 17.9 Å². The highest BCUT2D eigenvalue weighted by atomic mass is 79.9. The van der Waals surface area contributed by atoms with Crippen LogP contribution in [0.4, 0.5) is 14.7 Å². The summed E-state index contributed by atoms with van der Waals surface area (Å²) >= 11 is 3.03. The fourth-order valence-corrected chi connectivity index (χ4v) is 3.54. The van der Waals surface area contributed by atoms with Crippen molar-refractivity contribution in [1.82, 2.24) is 9.97 Å². The zero-order chi connectivity index (χ0) is 15.1. The molecule has 0 aliphatic rings. The lowest BCUT2D eigenvalue weighted by atomic mass is 10.1. The first kappa shape index (κ1) is 14.8. The van der Waals surface area contributed by atoms with E-state index in [1.165, 1.54) is 0 Å². The van der Waals surface area contributed by atoms with Crippen molar-refractivity contribution in [3.63, 3.8) is 0 Å². The molecule has 20 heavy (non-hydrogen) atoms. The molecule has 1 heterocycles. The minimum absolute atomic E-state index is 0.000741. The second kappa shape index (κ2) is 5.06. The third-order valence-electron chi connectivity index (χ3n) is 2.33. The van der Waals surface area contributed by atoms with Crippen LogP contribution in [0.5, 0.6) is 0 Å². The average molecular weight is 364 g/mol. The largest absolute Gasteiger partial charge is 0.368 e. The molecule has 106 valence electrons. The second-order valence-corrected chi connectivity index (χ2v) is 6.70. The highest BCUT2D eigenvalue weighted by Crippen LogP contribution is 2.32. The Bertz CT molecular complexity index is 776. The van der Waals surface area contributed by atoms with Crippen molar-refractivity contribution in [1.29, 1.82) is 0 Å². The summed E-state index contributed by atoms with van der Waals surface area (Å²) in [6.07, 6.45) is 0.940. The van der Waals surface area contributed by atoms with E-state index in [0.717, 1.165) is 18.4 Å². The van der Waals surface area contributed by atoms with Gasteiger partial charge >= 0.3 is 0 Å². The molecule has 1 aromatic carbocycles. The maximum Gasteiger partial charge on any atom is 0.221 e. The van der Waals surface area contributed by atoms with E-state index in [2.05, 4.69) is 25.9 Å². The van der Waals surface area contributed by atoms with Crippen molar-refractivity contribution < 1.29 is 17.2 Å². The van der Waals surface area contributed by atoms with Crippen molar-refractivity contribution in [2.45, 2.75) is 5.03 Å². The lowest BCUT2D eigenvalue weighted by Crippen LogP contribution is -2.08. The Morgan fingerprint density at radius 2 is 1.70 bits per heavy atom. The molecule has 9 heteroatoms. The topological polar surface area (TPSA) is 85.9 Å². The molecule has 0 bridgehead atoms. The van der Waals surface area contributed by atoms with E-state index in [0.29, 0.717) is 6.07 Å². The van der Waals surface area contributed by atoms with Gasteiger partial charge in [0.25, 0.3) is 0 Å². The van der Waals surface area contributed by atoms with Crippen molar-refractivity contribution in [3.8, 4) is 11.3 Å². The normalized spacial score (nSPS) is 11.6. The van der Waals surface area contributed by atoms with Crippen LogP contribution < -0.4 is 5.73 Å². The molecule has 0 aliphatic heterocycles. The van der Waals surface area contributed by atoms with E-state index in [1.54, 1.807) is 0 Å². The number of nitrogens with zero attached hydrogens (tertiary/aromatic N) is 2. The molecule has 0 atom stereocenters. The van der Waals surface area contributed by atoms with Crippen molar-refractivity contribution >= 4 is 31.7 Å². The molecule has 0 saturated heterocycles. The number of hydrogen-bond acceptors (Lipinski definition) is 5. The predicted molar refractivity (Wildman–Crippen MR) is 72.6 cm³/mol. The number of halogens is 3. The Morgan fingerprint density at radius 1 is 1.15 bits per heavy atom. The van der Waals surface area contributed by atoms with Gasteiger partial charge in [-0.05, 0) is 28.1 Å². The molecular weight excluding hydrogens is 356 g/mol. The highest BCUT2D eigenvalue weighted by Gasteiger charge is 2.21. The first-order valence-corrected chi connectivity index (χ1v) is 7.86. The smallest absolute Gasteiger partial charge is 0.221 e. The molecule has 0 amide bonds. The van der Waals surface area contributed by atoms with E-state index in [1.807, 2.05) is 0 Å². The monoisotopic (exact) mass is 363 g/mol. The Hall–Kier alpha value is -1.61. The number of sulfone groups is 1. The minimum Gasteiger partial charge on any atom is -0.368 e. The van der Waals surface area contributed by atoms with Crippen LogP contribution in [0.3, 0.4) is 0 Å². The summed E-state index contributed by atoms with van der Waals surface area (Å²) in [5.41, 5.74) is 5.49. The second-order valence-electron chi connectivity index (χ2n) is 3.98. The zero-order valence-electron chi connectivity index (χ0n) is 10.1. The van der Waals surface area contributed by atoms with Crippen molar-refractivity contribution in [2.24, 2.45) is 0 Å². The van der Waals surface area contributed by atoms with Crippen LogP contribution >= 0.6 is 15.9 Å². The molecule has 0 fully saturated rings.